The Morgan fingerprint density at radius 3 is 2.69 bits per heavy atom. The van der Waals surface area contributed by atoms with Crippen molar-refractivity contribution in [2.24, 2.45) is 5.41 Å². The van der Waals surface area contributed by atoms with Crippen molar-refractivity contribution >= 4 is 11.6 Å². The van der Waals surface area contributed by atoms with Crippen molar-refractivity contribution in [1.29, 1.82) is 0 Å². The fourth-order valence-corrected chi connectivity index (χ4v) is 0.830. The lowest BCUT2D eigenvalue weighted by Crippen LogP contribution is -2.17. The normalized spacial score (nSPS) is 11.4. The van der Waals surface area contributed by atoms with Crippen LogP contribution in [0.15, 0.2) is 12.3 Å². The van der Waals surface area contributed by atoms with Gasteiger partial charge in [-0.2, -0.15) is 4.98 Å². The van der Waals surface area contributed by atoms with Crippen LogP contribution in [-0.2, 0) is 0 Å². The van der Waals surface area contributed by atoms with Crippen LogP contribution in [0.3, 0.4) is 0 Å². The van der Waals surface area contributed by atoms with Crippen molar-refractivity contribution in [2.75, 3.05) is 6.61 Å². The van der Waals surface area contributed by atoms with Crippen molar-refractivity contribution in [2.45, 2.75) is 20.8 Å². The summed E-state index contributed by atoms with van der Waals surface area (Å²) in [6.07, 6.45) is 1.58. The molecular formula is C9H13ClN2O. The number of hydrogen-bond acceptors (Lipinski definition) is 3. The summed E-state index contributed by atoms with van der Waals surface area (Å²) >= 11 is 5.59. The first-order chi connectivity index (χ1) is 5.97. The van der Waals surface area contributed by atoms with E-state index in [1.54, 1.807) is 12.3 Å². The first-order valence-electron chi connectivity index (χ1n) is 4.09. The molecule has 4 heteroatoms. The minimum Gasteiger partial charge on any atom is -0.477 e. The van der Waals surface area contributed by atoms with Crippen LogP contribution in [-0.4, -0.2) is 16.6 Å². The predicted molar refractivity (Wildman–Crippen MR) is 52.0 cm³/mol. The molecule has 0 unspecified atom stereocenters. The monoisotopic (exact) mass is 200 g/mol. The molecule has 0 N–H and O–H groups in total. The SMILES string of the molecule is CC(C)(C)COc1ccnc(Cl)n1. The van der Waals surface area contributed by atoms with Gasteiger partial charge in [0.2, 0.25) is 11.2 Å². The number of rotatable bonds is 2. The van der Waals surface area contributed by atoms with Gasteiger partial charge in [-0.05, 0) is 17.0 Å². The number of nitrogens with zero attached hydrogens (tertiary/aromatic N) is 2. The van der Waals surface area contributed by atoms with E-state index in [-0.39, 0.29) is 10.7 Å². The van der Waals surface area contributed by atoms with E-state index in [0.717, 1.165) is 0 Å². The highest BCUT2D eigenvalue weighted by atomic mass is 35.5. The number of hydrogen-bond donors (Lipinski definition) is 0. The molecule has 0 aliphatic carbocycles. The Labute approximate surface area is 83.1 Å². The zero-order valence-electron chi connectivity index (χ0n) is 8.04. The second-order valence-corrected chi connectivity index (χ2v) is 4.35. The van der Waals surface area contributed by atoms with E-state index in [1.165, 1.54) is 0 Å². The highest BCUT2D eigenvalue weighted by Gasteiger charge is 2.11. The van der Waals surface area contributed by atoms with Gasteiger partial charge in [-0.15, -0.1) is 0 Å². The third-order valence-electron chi connectivity index (χ3n) is 1.25. The molecule has 0 atom stereocenters. The minimum absolute atomic E-state index is 0.122. The molecule has 0 spiro atoms. The van der Waals surface area contributed by atoms with Crippen molar-refractivity contribution in [1.82, 2.24) is 9.97 Å². The topological polar surface area (TPSA) is 35.0 Å². The van der Waals surface area contributed by atoms with Gasteiger partial charge in [0.15, 0.2) is 0 Å². The molecular weight excluding hydrogens is 188 g/mol. The summed E-state index contributed by atoms with van der Waals surface area (Å²) < 4.78 is 5.42. The van der Waals surface area contributed by atoms with Crippen molar-refractivity contribution < 1.29 is 4.74 Å². The summed E-state index contributed by atoms with van der Waals surface area (Å²) in [7, 11) is 0. The highest BCUT2D eigenvalue weighted by Crippen LogP contribution is 2.16. The fourth-order valence-electron chi connectivity index (χ4n) is 0.690. The summed E-state index contributed by atoms with van der Waals surface area (Å²) in [5, 5.41) is 0.214. The number of halogens is 1. The number of ether oxygens (including phenoxy) is 1. The van der Waals surface area contributed by atoms with Gasteiger partial charge in [0.05, 0.1) is 6.61 Å². The summed E-state index contributed by atoms with van der Waals surface area (Å²) in [5.41, 5.74) is 0.122. The Balaban J connectivity index is 2.55. The van der Waals surface area contributed by atoms with E-state index >= 15 is 0 Å². The molecule has 0 saturated heterocycles. The maximum Gasteiger partial charge on any atom is 0.225 e. The smallest absolute Gasteiger partial charge is 0.225 e. The Bertz CT molecular complexity index is 283. The van der Waals surface area contributed by atoms with Crippen LogP contribution in [0.1, 0.15) is 20.8 Å². The lowest BCUT2D eigenvalue weighted by molar-refractivity contribution is 0.191. The van der Waals surface area contributed by atoms with Gasteiger partial charge < -0.3 is 4.74 Å². The molecule has 0 aliphatic rings. The maximum absolute atomic E-state index is 5.59. The van der Waals surface area contributed by atoms with Gasteiger partial charge in [0.25, 0.3) is 0 Å². The van der Waals surface area contributed by atoms with Crippen molar-refractivity contribution in [3.05, 3.63) is 17.5 Å². The lowest BCUT2D eigenvalue weighted by Gasteiger charge is -2.17. The Morgan fingerprint density at radius 2 is 2.15 bits per heavy atom. The molecule has 0 aliphatic heterocycles. The zero-order valence-corrected chi connectivity index (χ0v) is 8.80. The molecule has 1 heterocycles. The molecule has 0 bridgehead atoms. The van der Waals surface area contributed by atoms with Crippen LogP contribution in [0.2, 0.25) is 5.28 Å². The molecule has 0 aromatic carbocycles. The Morgan fingerprint density at radius 1 is 1.46 bits per heavy atom. The van der Waals surface area contributed by atoms with Crippen LogP contribution in [0.25, 0.3) is 0 Å². The lowest BCUT2D eigenvalue weighted by atomic mass is 9.99. The third-order valence-corrected chi connectivity index (χ3v) is 1.44. The number of aromatic nitrogens is 2. The van der Waals surface area contributed by atoms with Gasteiger partial charge >= 0.3 is 0 Å². The summed E-state index contributed by atoms with van der Waals surface area (Å²) in [5.74, 6) is 0.523. The zero-order chi connectivity index (χ0) is 9.90. The highest BCUT2D eigenvalue weighted by molar-refractivity contribution is 6.28. The van der Waals surface area contributed by atoms with E-state index in [9.17, 15) is 0 Å². The Kier molecular flexibility index (Phi) is 3.09. The summed E-state index contributed by atoms with van der Waals surface area (Å²) in [4.78, 5) is 7.67. The molecule has 1 aromatic heterocycles. The second kappa shape index (κ2) is 3.92. The first kappa shape index (κ1) is 10.3. The predicted octanol–water partition coefficient (Wildman–Crippen LogP) is 2.55. The fraction of sp³-hybridized carbons (Fsp3) is 0.556. The van der Waals surface area contributed by atoms with Crippen LogP contribution in [0.5, 0.6) is 5.88 Å². The average Bonchev–Trinajstić information content (AvgIpc) is 2.00. The van der Waals surface area contributed by atoms with E-state index in [1.807, 2.05) is 0 Å². The molecule has 0 radical (unpaired) electrons. The summed E-state index contributed by atoms with van der Waals surface area (Å²) in [6.45, 7) is 6.89. The molecule has 3 nitrogen and oxygen atoms in total. The standard InChI is InChI=1S/C9H13ClN2O/c1-9(2,3)6-13-7-4-5-11-8(10)12-7/h4-5H,6H2,1-3H3. The molecule has 0 saturated carbocycles. The molecule has 1 aromatic rings. The average molecular weight is 201 g/mol. The van der Waals surface area contributed by atoms with Gasteiger partial charge in [-0.3, -0.25) is 0 Å². The van der Waals surface area contributed by atoms with Crippen molar-refractivity contribution in [3.63, 3.8) is 0 Å². The van der Waals surface area contributed by atoms with E-state index in [0.29, 0.717) is 12.5 Å². The Hall–Kier alpha value is -0.830. The molecule has 0 amide bonds. The molecule has 0 fully saturated rings. The van der Waals surface area contributed by atoms with Gasteiger partial charge in [0.1, 0.15) is 0 Å². The van der Waals surface area contributed by atoms with Crippen LogP contribution in [0.4, 0.5) is 0 Å². The van der Waals surface area contributed by atoms with Crippen molar-refractivity contribution in [3.8, 4) is 5.88 Å². The van der Waals surface area contributed by atoms with E-state index in [2.05, 4.69) is 30.7 Å². The maximum atomic E-state index is 5.59. The first-order valence-corrected chi connectivity index (χ1v) is 4.46. The van der Waals surface area contributed by atoms with Gasteiger partial charge in [-0.1, -0.05) is 20.8 Å². The molecule has 72 valence electrons. The molecule has 1 rings (SSSR count). The summed E-state index contributed by atoms with van der Waals surface area (Å²) in [6, 6.07) is 1.69. The van der Waals surface area contributed by atoms with E-state index in [4.69, 9.17) is 16.3 Å². The molecule has 13 heavy (non-hydrogen) atoms. The van der Waals surface area contributed by atoms with Crippen LogP contribution in [0, 0.1) is 5.41 Å². The third kappa shape index (κ3) is 4.08. The van der Waals surface area contributed by atoms with Gasteiger partial charge in [-0.25, -0.2) is 4.98 Å². The minimum atomic E-state index is 0.122. The quantitative estimate of drug-likeness (QED) is 0.689. The van der Waals surface area contributed by atoms with Crippen LogP contribution >= 0.6 is 11.6 Å². The van der Waals surface area contributed by atoms with Crippen LogP contribution < -0.4 is 4.74 Å². The van der Waals surface area contributed by atoms with Gasteiger partial charge in [0, 0.05) is 12.3 Å². The second-order valence-electron chi connectivity index (χ2n) is 4.01. The van der Waals surface area contributed by atoms with E-state index < -0.39 is 0 Å². The largest absolute Gasteiger partial charge is 0.477 e.